The van der Waals surface area contributed by atoms with Crippen molar-refractivity contribution in [2.45, 2.75) is 9.92 Å². The van der Waals surface area contributed by atoms with Crippen LogP contribution in [0.2, 0.25) is 5.02 Å². The molecule has 2 rings (SSSR count). The van der Waals surface area contributed by atoms with Gasteiger partial charge in [-0.05, 0) is 24.5 Å². The number of aromatic nitrogens is 2. The Morgan fingerprint density at radius 1 is 1.52 bits per heavy atom. The zero-order valence-electron chi connectivity index (χ0n) is 10.5. The number of rotatable bonds is 4. The Hall–Kier alpha value is -1.76. The lowest BCUT2D eigenvalue weighted by Crippen LogP contribution is -2.14. The topological polar surface area (TPSA) is 98.6 Å². The van der Waals surface area contributed by atoms with Crippen LogP contribution in [-0.2, 0) is 10.0 Å². The minimum absolute atomic E-state index is 0.0534. The van der Waals surface area contributed by atoms with Gasteiger partial charge in [-0.25, -0.2) is 12.8 Å². The van der Waals surface area contributed by atoms with Crippen LogP contribution in [-0.4, -0.2) is 24.9 Å². The molecular formula is C11H8ClFN4O2S2. The number of H-pyrrole nitrogens is 1. The highest BCUT2D eigenvalue weighted by Crippen LogP contribution is 2.26. The molecule has 0 aliphatic rings. The van der Waals surface area contributed by atoms with E-state index in [0.29, 0.717) is 5.03 Å². The number of nitrogens with one attached hydrogen (secondary N) is 2. The van der Waals surface area contributed by atoms with Gasteiger partial charge in [0.1, 0.15) is 22.5 Å². The van der Waals surface area contributed by atoms with E-state index in [0.717, 1.165) is 18.2 Å². The zero-order chi connectivity index (χ0) is 15.6. The fourth-order valence-corrected chi connectivity index (χ4v) is 3.28. The number of aromatic amines is 1. The number of nitriles is 1. The number of hydrogen-bond donors (Lipinski definition) is 2. The van der Waals surface area contributed by atoms with Crippen molar-refractivity contribution >= 4 is 39.2 Å². The van der Waals surface area contributed by atoms with Gasteiger partial charge in [0.25, 0.3) is 10.0 Å². The summed E-state index contributed by atoms with van der Waals surface area (Å²) in [6, 6.07) is 4.86. The number of hydrogen-bond acceptors (Lipinski definition) is 5. The van der Waals surface area contributed by atoms with Crippen LogP contribution in [0.15, 0.2) is 28.1 Å². The highest BCUT2D eigenvalue weighted by atomic mass is 35.5. The average Bonchev–Trinajstić information content (AvgIpc) is 2.82. The number of halogens is 2. The lowest BCUT2D eigenvalue weighted by molar-refractivity contribution is 0.599. The molecule has 2 aromatic rings. The summed E-state index contributed by atoms with van der Waals surface area (Å²) in [5.74, 6) is -0.776. The van der Waals surface area contributed by atoms with Gasteiger partial charge in [0.15, 0.2) is 5.82 Å². The first-order chi connectivity index (χ1) is 9.89. The number of thioether (sulfide) groups is 1. The van der Waals surface area contributed by atoms with Crippen molar-refractivity contribution < 1.29 is 12.8 Å². The van der Waals surface area contributed by atoms with Gasteiger partial charge in [-0.3, -0.25) is 9.82 Å². The SMILES string of the molecule is CSc1n[nH]c(NS(=O)(=O)c2ccc(F)c(Cl)c2)c1C#N. The van der Waals surface area contributed by atoms with Crippen molar-refractivity contribution in [2.75, 3.05) is 11.0 Å². The second-order valence-corrected chi connectivity index (χ2v) is 6.66. The molecule has 21 heavy (non-hydrogen) atoms. The van der Waals surface area contributed by atoms with Crippen molar-refractivity contribution in [3.8, 4) is 6.07 Å². The molecule has 0 bridgehead atoms. The van der Waals surface area contributed by atoms with Gasteiger partial charge in [-0.15, -0.1) is 11.8 Å². The van der Waals surface area contributed by atoms with E-state index in [2.05, 4.69) is 14.9 Å². The van der Waals surface area contributed by atoms with Crippen LogP contribution in [0, 0.1) is 17.1 Å². The summed E-state index contributed by atoms with van der Waals surface area (Å²) in [6.07, 6.45) is 1.70. The van der Waals surface area contributed by atoms with Gasteiger partial charge in [0.05, 0.1) is 9.92 Å². The van der Waals surface area contributed by atoms with Crippen molar-refractivity contribution in [2.24, 2.45) is 0 Å². The summed E-state index contributed by atoms with van der Waals surface area (Å²) in [4.78, 5) is -0.224. The van der Waals surface area contributed by atoms with Gasteiger partial charge in [-0.2, -0.15) is 10.4 Å². The molecule has 1 heterocycles. The van der Waals surface area contributed by atoms with Crippen LogP contribution in [0.3, 0.4) is 0 Å². The first kappa shape index (κ1) is 15.6. The molecule has 0 saturated carbocycles. The molecule has 1 aromatic heterocycles. The van der Waals surface area contributed by atoms with Gasteiger partial charge in [0.2, 0.25) is 0 Å². The molecule has 110 valence electrons. The molecule has 10 heteroatoms. The first-order valence-electron chi connectivity index (χ1n) is 5.39. The van der Waals surface area contributed by atoms with Crippen LogP contribution >= 0.6 is 23.4 Å². The van der Waals surface area contributed by atoms with Crippen molar-refractivity contribution in [1.82, 2.24) is 10.2 Å². The van der Waals surface area contributed by atoms with Crippen LogP contribution < -0.4 is 4.72 Å². The molecule has 0 aliphatic heterocycles. The molecule has 2 N–H and O–H groups in total. The van der Waals surface area contributed by atoms with Gasteiger partial charge in [-0.1, -0.05) is 11.6 Å². The molecule has 0 amide bonds. The Kier molecular flexibility index (Phi) is 4.41. The molecule has 0 spiro atoms. The molecule has 0 atom stereocenters. The molecule has 1 aromatic carbocycles. The predicted molar refractivity (Wildman–Crippen MR) is 77.3 cm³/mol. The van der Waals surface area contributed by atoms with E-state index in [9.17, 15) is 12.8 Å². The van der Waals surface area contributed by atoms with Crippen LogP contribution in [0.25, 0.3) is 0 Å². The van der Waals surface area contributed by atoms with Crippen molar-refractivity contribution in [1.29, 1.82) is 5.26 Å². The second-order valence-electron chi connectivity index (χ2n) is 3.78. The lowest BCUT2D eigenvalue weighted by Gasteiger charge is -2.07. The first-order valence-corrected chi connectivity index (χ1v) is 8.48. The van der Waals surface area contributed by atoms with E-state index in [-0.39, 0.29) is 21.3 Å². The van der Waals surface area contributed by atoms with Gasteiger partial charge in [0, 0.05) is 0 Å². The average molecular weight is 347 g/mol. The Bertz CT molecular complexity index is 829. The Labute approximate surface area is 129 Å². The largest absolute Gasteiger partial charge is 0.263 e. The van der Waals surface area contributed by atoms with E-state index in [1.165, 1.54) is 11.8 Å². The number of anilines is 1. The normalized spacial score (nSPS) is 11.1. The second kappa shape index (κ2) is 5.93. The van der Waals surface area contributed by atoms with E-state index in [1.54, 1.807) is 6.26 Å². The fourth-order valence-electron chi connectivity index (χ4n) is 1.49. The van der Waals surface area contributed by atoms with Gasteiger partial charge >= 0.3 is 0 Å². The maximum Gasteiger partial charge on any atom is 0.263 e. The standard InChI is InChI=1S/C11H8ClFN4O2S2/c1-20-11-7(5-14)10(15-16-11)17-21(18,19)6-2-3-9(13)8(12)4-6/h2-4H,1H3,(H2,15,16,17). The molecular weight excluding hydrogens is 339 g/mol. The van der Waals surface area contributed by atoms with Crippen molar-refractivity contribution in [3.63, 3.8) is 0 Å². The number of sulfonamides is 1. The predicted octanol–water partition coefficient (Wildman–Crippen LogP) is 2.60. The summed E-state index contributed by atoms with van der Waals surface area (Å²) < 4.78 is 39.6. The summed E-state index contributed by atoms with van der Waals surface area (Å²) in [5.41, 5.74) is 0.0827. The van der Waals surface area contributed by atoms with E-state index in [1.807, 2.05) is 6.07 Å². The highest BCUT2D eigenvalue weighted by molar-refractivity contribution is 7.98. The maximum absolute atomic E-state index is 13.1. The quantitative estimate of drug-likeness (QED) is 0.829. The van der Waals surface area contributed by atoms with E-state index >= 15 is 0 Å². The summed E-state index contributed by atoms with van der Waals surface area (Å²) in [6.45, 7) is 0. The Morgan fingerprint density at radius 3 is 2.81 bits per heavy atom. The molecule has 0 fully saturated rings. The minimum atomic E-state index is -4.01. The minimum Gasteiger partial charge on any atom is -0.263 e. The Morgan fingerprint density at radius 2 is 2.24 bits per heavy atom. The Balaban J connectivity index is 2.40. The molecule has 0 aliphatic carbocycles. The molecule has 0 saturated heterocycles. The van der Waals surface area contributed by atoms with E-state index < -0.39 is 15.8 Å². The fraction of sp³-hybridized carbons (Fsp3) is 0.0909. The van der Waals surface area contributed by atoms with Crippen molar-refractivity contribution in [3.05, 3.63) is 34.6 Å². The van der Waals surface area contributed by atoms with Crippen LogP contribution in [0.1, 0.15) is 5.56 Å². The third-order valence-electron chi connectivity index (χ3n) is 2.48. The smallest absolute Gasteiger partial charge is 0.263 e. The third kappa shape index (κ3) is 3.12. The van der Waals surface area contributed by atoms with E-state index in [4.69, 9.17) is 16.9 Å². The zero-order valence-corrected chi connectivity index (χ0v) is 12.9. The third-order valence-corrected chi connectivity index (χ3v) is 4.80. The molecule has 6 nitrogen and oxygen atoms in total. The highest BCUT2D eigenvalue weighted by Gasteiger charge is 2.21. The van der Waals surface area contributed by atoms with Crippen LogP contribution in [0.4, 0.5) is 10.2 Å². The summed E-state index contributed by atoms with van der Waals surface area (Å²) >= 11 is 6.76. The maximum atomic E-state index is 13.1. The lowest BCUT2D eigenvalue weighted by atomic mass is 10.3. The van der Waals surface area contributed by atoms with Gasteiger partial charge < -0.3 is 0 Å². The van der Waals surface area contributed by atoms with Crippen LogP contribution in [0.5, 0.6) is 0 Å². The number of nitrogens with zero attached hydrogens (tertiary/aromatic N) is 2. The number of benzene rings is 1. The summed E-state index contributed by atoms with van der Waals surface area (Å²) in [7, 11) is -4.01. The monoisotopic (exact) mass is 346 g/mol. The molecule has 0 radical (unpaired) electrons. The molecule has 0 unspecified atom stereocenters. The summed E-state index contributed by atoms with van der Waals surface area (Å²) in [5, 5.41) is 15.3.